The monoisotopic (exact) mass is 191 g/mol. The number of hydrogen-bond acceptors (Lipinski definition) is 5. The van der Waals surface area contributed by atoms with E-state index in [4.69, 9.17) is 16.3 Å². The van der Waals surface area contributed by atoms with E-state index in [-0.39, 0.29) is 0 Å². The van der Waals surface area contributed by atoms with Gasteiger partial charge in [-0.05, 0) is 0 Å². The molecular weight excluding hydrogens is 186 g/mol. The van der Waals surface area contributed by atoms with Crippen LogP contribution in [0, 0.1) is 22.7 Å². The number of nitrogens with zero attached hydrogens (tertiary/aromatic N) is 2. The lowest BCUT2D eigenvalue weighted by atomic mass is 10.3. The lowest BCUT2D eigenvalue weighted by Crippen LogP contribution is -2.13. The quantitative estimate of drug-likeness (QED) is 0.279. The first-order valence-corrected chi connectivity index (χ1v) is 3.23. The van der Waals surface area contributed by atoms with Gasteiger partial charge in [0.2, 0.25) is 0 Å². The van der Waals surface area contributed by atoms with Crippen molar-refractivity contribution < 1.29 is 14.3 Å². The van der Waals surface area contributed by atoms with E-state index < -0.39 is 23.0 Å². The molecule has 0 unspecified atom stereocenters. The molecule has 2 N–H and O–H groups in total. The second kappa shape index (κ2) is 5.12. The molecule has 0 heterocycles. The largest absolute Gasteiger partial charge is 0.429 e. The molecule has 0 spiro atoms. The van der Waals surface area contributed by atoms with Gasteiger partial charge < -0.3 is 10.5 Å². The Bertz CT molecular complexity index is 395. The minimum Gasteiger partial charge on any atom is -0.429 e. The van der Waals surface area contributed by atoms with Crippen molar-refractivity contribution in [3.63, 3.8) is 0 Å². The summed E-state index contributed by atoms with van der Waals surface area (Å²) in [6, 6.07) is 2.85. The maximum Gasteiger partial charge on any atom is 0.353 e. The number of rotatable bonds is 3. The van der Waals surface area contributed by atoms with Crippen LogP contribution in [-0.4, -0.2) is 11.9 Å². The van der Waals surface area contributed by atoms with E-state index in [2.05, 4.69) is 11.3 Å². The highest BCUT2D eigenvalue weighted by atomic mass is 16.5. The number of esters is 1. The highest BCUT2D eigenvalue weighted by molar-refractivity contribution is 5.97. The predicted molar refractivity (Wildman–Crippen MR) is 43.7 cm³/mol. The third-order valence-electron chi connectivity index (χ3n) is 1.05. The summed E-state index contributed by atoms with van der Waals surface area (Å²) in [7, 11) is 0. The number of nitriles is 2. The molecular formula is C8H5N3O3. The number of carbonyl (C=O) groups excluding carboxylic acids is 2. The summed E-state index contributed by atoms with van der Waals surface area (Å²) in [5, 5.41) is 16.5. The summed E-state index contributed by atoms with van der Waals surface area (Å²) >= 11 is 0. The second-order valence-corrected chi connectivity index (χ2v) is 2.00. The normalized spacial score (nSPS) is 9.43. The minimum absolute atomic E-state index is 0.442. The Kier molecular flexibility index (Phi) is 4.17. The molecule has 0 aromatic rings. The van der Waals surface area contributed by atoms with Crippen LogP contribution >= 0.6 is 0 Å². The molecule has 0 atom stereocenters. The predicted octanol–water partition coefficient (Wildman–Crippen LogP) is -0.498. The summed E-state index contributed by atoms with van der Waals surface area (Å²) in [4.78, 5) is 21.2. The molecule has 0 radical (unpaired) electrons. The Morgan fingerprint density at radius 3 is 2.29 bits per heavy atom. The molecule has 0 aromatic carbocycles. The average Bonchev–Trinajstić information content (AvgIpc) is 2.16. The fraction of sp³-hybridized carbons (Fsp3) is 0. The van der Waals surface area contributed by atoms with Crippen molar-refractivity contribution >= 4 is 11.9 Å². The van der Waals surface area contributed by atoms with Crippen molar-refractivity contribution in [1.82, 2.24) is 0 Å². The van der Waals surface area contributed by atoms with E-state index in [1.54, 1.807) is 0 Å². The number of nitrogens with two attached hydrogens (primary N) is 1. The molecule has 0 rings (SSSR count). The van der Waals surface area contributed by atoms with E-state index in [9.17, 15) is 9.59 Å². The van der Waals surface area contributed by atoms with Gasteiger partial charge in [0.05, 0.1) is 0 Å². The Morgan fingerprint density at radius 2 is 1.93 bits per heavy atom. The van der Waals surface area contributed by atoms with Crippen LogP contribution in [0.5, 0.6) is 0 Å². The molecule has 0 saturated carbocycles. The van der Waals surface area contributed by atoms with Crippen LogP contribution in [0.15, 0.2) is 24.0 Å². The molecule has 0 aliphatic heterocycles. The summed E-state index contributed by atoms with van der Waals surface area (Å²) in [6.07, 6.45) is 0.577. The maximum absolute atomic E-state index is 10.8. The molecule has 0 aliphatic carbocycles. The zero-order valence-corrected chi connectivity index (χ0v) is 6.98. The zero-order valence-electron chi connectivity index (χ0n) is 6.98. The van der Waals surface area contributed by atoms with Crippen LogP contribution in [0.3, 0.4) is 0 Å². The fourth-order valence-corrected chi connectivity index (χ4v) is 0.369. The summed E-state index contributed by atoms with van der Waals surface area (Å²) in [6.45, 7) is 3.06. The highest BCUT2D eigenvalue weighted by Gasteiger charge is 2.08. The maximum atomic E-state index is 10.8. The van der Waals surface area contributed by atoms with Crippen molar-refractivity contribution in [2.75, 3.05) is 0 Å². The van der Waals surface area contributed by atoms with Crippen molar-refractivity contribution in [1.29, 1.82) is 10.5 Å². The van der Waals surface area contributed by atoms with Crippen molar-refractivity contribution in [3.05, 3.63) is 24.0 Å². The van der Waals surface area contributed by atoms with Gasteiger partial charge >= 0.3 is 5.97 Å². The highest BCUT2D eigenvalue weighted by Crippen LogP contribution is 1.96. The Labute approximate surface area is 79.5 Å². The van der Waals surface area contributed by atoms with E-state index in [0.717, 1.165) is 0 Å². The number of carbonyl (C=O) groups is 2. The lowest BCUT2D eigenvalue weighted by Gasteiger charge is -1.95. The van der Waals surface area contributed by atoms with Gasteiger partial charge in [-0.2, -0.15) is 10.5 Å². The van der Waals surface area contributed by atoms with E-state index in [1.807, 2.05) is 0 Å². The molecule has 0 aliphatic rings. The molecule has 0 saturated heterocycles. The number of primary amides is 1. The fourth-order valence-electron chi connectivity index (χ4n) is 0.369. The van der Waals surface area contributed by atoms with Crippen LogP contribution in [-0.2, 0) is 14.3 Å². The Balaban J connectivity index is 4.53. The smallest absolute Gasteiger partial charge is 0.353 e. The van der Waals surface area contributed by atoms with Gasteiger partial charge in [-0.1, -0.05) is 6.58 Å². The minimum atomic E-state index is -1.04. The van der Waals surface area contributed by atoms with Crippen LogP contribution in [0.4, 0.5) is 0 Å². The third-order valence-corrected chi connectivity index (χ3v) is 1.05. The van der Waals surface area contributed by atoms with Crippen molar-refractivity contribution in [2.24, 2.45) is 5.73 Å². The van der Waals surface area contributed by atoms with Crippen LogP contribution in [0.1, 0.15) is 0 Å². The van der Waals surface area contributed by atoms with Gasteiger partial charge in [0.1, 0.15) is 24.0 Å². The SMILES string of the molecule is C=C(C#N)C(=O)O/C=C(\C#N)C(N)=O. The van der Waals surface area contributed by atoms with Gasteiger partial charge in [0.25, 0.3) is 5.91 Å². The Morgan fingerprint density at radius 1 is 1.36 bits per heavy atom. The van der Waals surface area contributed by atoms with Crippen molar-refractivity contribution in [3.8, 4) is 12.1 Å². The number of amides is 1. The topological polar surface area (TPSA) is 117 Å². The molecule has 6 nitrogen and oxygen atoms in total. The summed E-state index contributed by atoms with van der Waals surface area (Å²) < 4.78 is 4.26. The van der Waals surface area contributed by atoms with E-state index in [0.29, 0.717) is 6.26 Å². The van der Waals surface area contributed by atoms with E-state index in [1.165, 1.54) is 12.1 Å². The lowest BCUT2D eigenvalue weighted by molar-refractivity contribution is -0.133. The summed E-state index contributed by atoms with van der Waals surface area (Å²) in [5.41, 5.74) is 3.77. The van der Waals surface area contributed by atoms with Gasteiger partial charge in [-0.25, -0.2) is 4.79 Å². The van der Waals surface area contributed by atoms with Crippen molar-refractivity contribution in [2.45, 2.75) is 0 Å². The average molecular weight is 191 g/mol. The van der Waals surface area contributed by atoms with Crippen LogP contribution in [0.25, 0.3) is 0 Å². The third kappa shape index (κ3) is 3.20. The van der Waals surface area contributed by atoms with Crippen LogP contribution < -0.4 is 5.73 Å². The second-order valence-electron chi connectivity index (χ2n) is 2.00. The molecule has 6 heteroatoms. The molecule has 1 amide bonds. The van der Waals surface area contributed by atoms with Gasteiger partial charge in [0.15, 0.2) is 5.57 Å². The molecule has 70 valence electrons. The van der Waals surface area contributed by atoms with Gasteiger partial charge in [-0.3, -0.25) is 4.79 Å². The van der Waals surface area contributed by atoms with Gasteiger partial charge in [0, 0.05) is 0 Å². The Hall–Kier alpha value is -2.60. The van der Waals surface area contributed by atoms with Crippen LogP contribution in [0.2, 0.25) is 0 Å². The first-order chi connectivity index (χ1) is 6.52. The van der Waals surface area contributed by atoms with Gasteiger partial charge in [-0.15, -0.1) is 0 Å². The molecule has 0 bridgehead atoms. The number of hydrogen-bond donors (Lipinski definition) is 1. The molecule has 0 aromatic heterocycles. The zero-order chi connectivity index (χ0) is 11.1. The molecule has 0 fully saturated rings. The molecule has 14 heavy (non-hydrogen) atoms. The number of ether oxygens (including phenoxy) is 1. The first kappa shape index (κ1) is 11.4. The standard InChI is InChI=1S/C8H5N3O3/c1-5(2-9)8(13)14-4-6(3-10)7(11)12/h4H,1H2,(H2,11,12)/b6-4+. The first-order valence-electron chi connectivity index (χ1n) is 3.23. The van der Waals surface area contributed by atoms with E-state index >= 15 is 0 Å². The summed E-state index contributed by atoms with van der Waals surface area (Å²) in [5.74, 6) is -2.07.